The Balaban J connectivity index is 2.11. The molecule has 4 nitrogen and oxygen atoms in total. The molecule has 0 saturated heterocycles. The Kier molecular flexibility index (Phi) is 6.50. The number of carbonyl (C=O) groups excluding carboxylic acids is 1. The molecule has 24 heavy (non-hydrogen) atoms. The van der Waals surface area contributed by atoms with E-state index in [1.54, 1.807) is 12.1 Å². The molecule has 1 N–H and O–H groups in total. The van der Waals surface area contributed by atoms with Gasteiger partial charge in [-0.2, -0.15) is 0 Å². The summed E-state index contributed by atoms with van der Waals surface area (Å²) in [5.41, 5.74) is 1.66. The molecule has 128 valence electrons. The maximum atomic E-state index is 12.5. The summed E-state index contributed by atoms with van der Waals surface area (Å²) in [4.78, 5) is 12.5. The fraction of sp³-hybridized carbons (Fsp3) is 0.316. The Morgan fingerprint density at radius 1 is 1.17 bits per heavy atom. The van der Waals surface area contributed by atoms with E-state index in [1.807, 2.05) is 18.2 Å². The van der Waals surface area contributed by atoms with Gasteiger partial charge in [0, 0.05) is 18.0 Å². The van der Waals surface area contributed by atoms with Gasteiger partial charge in [0.2, 0.25) is 0 Å². The molecule has 2 aromatic rings. The lowest BCUT2D eigenvalue weighted by Gasteiger charge is -2.17. The van der Waals surface area contributed by atoms with Crippen LogP contribution in [0.3, 0.4) is 0 Å². The monoisotopic (exact) mass is 347 g/mol. The fourth-order valence-corrected chi connectivity index (χ4v) is 2.88. The zero-order chi connectivity index (χ0) is 17.5. The first-order valence-corrected chi connectivity index (χ1v) is 8.23. The maximum absolute atomic E-state index is 12.5. The number of methoxy groups -OCH3 is 2. The van der Waals surface area contributed by atoms with Crippen LogP contribution in [0.2, 0.25) is 5.02 Å². The van der Waals surface area contributed by atoms with E-state index in [4.69, 9.17) is 21.1 Å². The Morgan fingerprint density at radius 3 is 2.46 bits per heavy atom. The van der Waals surface area contributed by atoms with Crippen molar-refractivity contribution in [3.05, 3.63) is 58.6 Å². The van der Waals surface area contributed by atoms with Gasteiger partial charge in [-0.1, -0.05) is 48.9 Å². The molecule has 0 spiro atoms. The average Bonchev–Trinajstić information content (AvgIpc) is 2.62. The first-order chi connectivity index (χ1) is 11.6. The van der Waals surface area contributed by atoms with Crippen LogP contribution in [0.15, 0.2) is 42.5 Å². The molecule has 0 radical (unpaired) electrons. The van der Waals surface area contributed by atoms with Crippen LogP contribution in [0.25, 0.3) is 0 Å². The summed E-state index contributed by atoms with van der Waals surface area (Å²) in [5.74, 6) is 0.940. The third-order valence-corrected chi connectivity index (χ3v) is 4.25. The summed E-state index contributed by atoms with van der Waals surface area (Å²) in [7, 11) is 3.02. The molecule has 0 aliphatic carbocycles. The highest BCUT2D eigenvalue weighted by atomic mass is 35.5. The normalized spacial score (nSPS) is 11.7. The third-order valence-electron chi connectivity index (χ3n) is 3.97. The average molecular weight is 348 g/mol. The van der Waals surface area contributed by atoms with Crippen LogP contribution in [-0.4, -0.2) is 26.7 Å². The van der Waals surface area contributed by atoms with Crippen molar-refractivity contribution >= 4 is 17.5 Å². The van der Waals surface area contributed by atoms with Gasteiger partial charge in [0.1, 0.15) is 0 Å². The number of rotatable bonds is 7. The molecule has 2 rings (SSSR count). The number of ether oxygens (including phenoxy) is 2. The highest BCUT2D eigenvalue weighted by molar-refractivity contribution is 6.32. The topological polar surface area (TPSA) is 47.6 Å². The lowest BCUT2D eigenvalue weighted by atomic mass is 9.96. The predicted octanol–water partition coefficient (Wildman–Crippen LogP) is 4.28. The number of hydrogen-bond donors (Lipinski definition) is 1. The van der Waals surface area contributed by atoms with E-state index in [1.165, 1.54) is 19.8 Å². The minimum atomic E-state index is -0.188. The first-order valence-electron chi connectivity index (χ1n) is 7.85. The van der Waals surface area contributed by atoms with Gasteiger partial charge in [0.25, 0.3) is 5.91 Å². The number of halogens is 1. The largest absolute Gasteiger partial charge is 0.493 e. The Morgan fingerprint density at radius 2 is 1.88 bits per heavy atom. The van der Waals surface area contributed by atoms with E-state index >= 15 is 0 Å². The second-order valence-corrected chi connectivity index (χ2v) is 5.83. The van der Waals surface area contributed by atoms with Crippen LogP contribution >= 0.6 is 11.6 Å². The van der Waals surface area contributed by atoms with Crippen LogP contribution < -0.4 is 14.8 Å². The molecule has 1 atom stereocenters. The number of amides is 1. The summed E-state index contributed by atoms with van der Waals surface area (Å²) < 4.78 is 10.4. The highest BCUT2D eigenvalue weighted by Gasteiger charge is 2.16. The SMILES string of the molecule is CCC(CNC(=O)c1cc(Cl)c(OC)c(OC)c1)c1ccccc1. The lowest BCUT2D eigenvalue weighted by molar-refractivity contribution is 0.0950. The molecule has 0 fully saturated rings. The smallest absolute Gasteiger partial charge is 0.251 e. The van der Waals surface area contributed by atoms with E-state index in [0.717, 1.165) is 6.42 Å². The van der Waals surface area contributed by atoms with Crippen LogP contribution in [0.4, 0.5) is 0 Å². The number of hydrogen-bond acceptors (Lipinski definition) is 3. The molecule has 0 heterocycles. The van der Waals surface area contributed by atoms with E-state index < -0.39 is 0 Å². The molecular formula is C19H22ClNO3. The second kappa shape index (κ2) is 8.60. The second-order valence-electron chi connectivity index (χ2n) is 5.42. The summed E-state index contributed by atoms with van der Waals surface area (Å²) in [6, 6.07) is 13.4. The molecule has 1 amide bonds. The Hall–Kier alpha value is -2.20. The van der Waals surface area contributed by atoms with E-state index in [2.05, 4.69) is 24.4 Å². The van der Waals surface area contributed by atoms with E-state index in [9.17, 15) is 4.79 Å². The number of benzene rings is 2. The van der Waals surface area contributed by atoms with Gasteiger partial charge < -0.3 is 14.8 Å². The maximum Gasteiger partial charge on any atom is 0.251 e. The lowest BCUT2D eigenvalue weighted by Crippen LogP contribution is -2.28. The Labute approximate surface area is 147 Å². The van der Waals surface area contributed by atoms with Gasteiger partial charge in [-0.15, -0.1) is 0 Å². The van der Waals surface area contributed by atoms with Crippen LogP contribution in [0.1, 0.15) is 35.2 Å². The molecule has 5 heteroatoms. The van der Waals surface area contributed by atoms with Crippen molar-refractivity contribution in [2.24, 2.45) is 0 Å². The molecule has 2 aromatic carbocycles. The molecule has 1 unspecified atom stereocenters. The van der Waals surface area contributed by atoms with Crippen LogP contribution in [0, 0.1) is 0 Å². The minimum absolute atomic E-state index is 0.188. The standard InChI is InChI=1S/C19H22ClNO3/c1-4-13(14-8-6-5-7-9-14)12-21-19(22)15-10-16(20)18(24-3)17(11-15)23-2/h5-11,13H,4,12H2,1-3H3,(H,21,22). The van der Waals surface area contributed by atoms with Crippen molar-refractivity contribution in [3.63, 3.8) is 0 Å². The van der Waals surface area contributed by atoms with Gasteiger partial charge in [-0.25, -0.2) is 0 Å². The van der Waals surface area contributed by atoms with E-state index in [-0.39, 0.29) is 11.8 Å². The van der Waals surface area contributed by atoms with Crippen molar-refractivity contribution in [2.75, 3.05) is 20.8 Å². The highest BCUT2D eigenvalue weighted by Crippen LogP contribution is 2.36. The van der Waals surface area contributed by atoms with Gasteiger partial charge in [-0.3, -0.25) is 4.79 Å². The molecular weight excluding hydrogens is 326 g/mol. The third kappa shape index (κ3) is 4.20. The summed E-state index contributed by atoms with van der Waals surface area (Å²) in [6.45, 7) is 2.67. The van der Waals surface area contributed by atoms with Crippen molar-refractivity contribution in [3.8, 4) is 11.5 Å². The van der Waals surface area contributed by atoms with Gasteiger partial charge in [0.15, 0.2) is 11.5 Å². The Bertz CT molecular complexity index is 689. The minimum Gasteiger partial charge on any atom is -0.493 e. The quantitative estimate of drug-likeness (QED) is 0.813. The summed E-state index contributed by atoms with van der Waals surface area (Å²) in [6.07, 6.45) is 0.941. The fourth-order valence-electron chi connectivity index (χ4n) is 2.59. The predicted molar refractivity (Wildman–Crippen MR) is 96.4 cm³/mol. The van der Waals surface area contributed by atoms with Crippen LogP contribution in [0.5, 0.6) is 11.5 Å². The van der Waals surface area contributed by atoms with Gasteiger partial charge in [-0.05, 0) is 24.1 Å². The van der Waals surface area contributed by atoms with Gasteiger partial charge >= 0.3 is 0 Å². The van der Waals surface area contributed by atoms with E-state index in [0.29, 0.717) is 28.6 Å². The molecule has 0 saturated carbocycles. The molecule has 0 bridgehead atoms. The summed E-state index contributed by atoms with van der Waals surface area (Å²) >= 11 is 6.16. The van der Waals surface area contributed by atoms with Crippen molar-refractivity contribution in [1.29, 1.82) is 0 Å². The van der Waals surface area contributed by atoms with Crippen molar-refractivity contribution < 1.29 is 14.3 Å². The van der Waals surface area contributed by atoms with Crippen molar-refractivity contribution in [2.45, 2.75) is 19.3 Å². The van der Waals surface area contributed by atoms with Gasteiger partial charge in [0.05, 0.1) is 19.2 Å². The number of nitrogens with one attached hydrogen (secondary N) is 1. The first kappa shape index (κ1) is 18.1. The van der Waals surface area contributed by atoms with Crippen LogP contribution in [-0.2, 0) is 0 Å². The molecule has 0 aromatic heterocycles. The zero-order valence-electron chi connectivity index (χ0n) is 14.1. The van der Waals surface area contributed by atoms with Crippen molar-refractivity contribution in [1.82, 2.24) is 5.32 Å². The zero-order valence-corrected chi connectivity index (χ0v) is 14.9. The number of carbonyl (C=O) groups is 1. The molecule has 0 aliphatic heterocycles. The summed E-state index contributed by atoms with van der Waals surface area (Å²) in [5, 5.41) is 3.32. The molecule has 0 aliphatic rings.